The minimum Gasteiger partial charge on any atom is -0.274 e. The van der Waals surface area contributed by atoms with E-state index in [1.807, 2.05) is 0 Å². The van der Waals surface area contributed by atoms with Crippen molar-refractivity contribution in [2.24, 2.45) is 0 Å². The first-order valence-corrected chi connectivity index (χ1v) is 6.34. The van der Waals surface area contributed by atoms with Crippen LogP contribution in [0.15, 0.2) is 53.6 Å². The quantitative estimate of drug-likeness (QED) is 0.685. The van der Waals surface area contributed by atoms with Gasteiger partial charge in [0.05, 0.1) is 21.2 Å². The average molecular weight is 291 g/mol. The molecule has 2 heterocycles. The monoisotopic (exact) mass is 290 g/mol. The minimum absolute atomic E-state index is 0.186. The molecule has 2 aromatic heterocycles. The molecule has 3 nitrogen and oxygen atoms in total. The number of fused-ring (bicyclic) bond motifs is 1. The van der Waals surface area contributed by atoms with Crippen molar-refractivity contribution in [3.8, 4) is 5.69 Å². The number of hydrogen-bond acceptors (Lipinski definition) is 2. The van der Waals surface area contributed by atoms with Gasteiger partial charge in [-0.1, -0.05) is 29.3 Å². The Morgan fingerprint density at radius 2 is 1.74 bits per heavy atom. The summed E-state index contributed by atoms with van der Waals surface area (Å²) in [7, 11) is 0. The van der Waals surface area contributed by atoms with Crippen LogP contribution in [0.4, 0.5) is 0 Å². The van der Waals surface area contributed by atoms with Crippen LogP contribution in [0.3, 0.4) is 0 Å². The Kier molecular flexibility index (Phi) is 3.01. The third-order valence-corrected chi connectivity index (χ3v) is 3.47. The second-order valence-electron chi connectivity index (χ2n) is 4.01. The maximum absolute atomic E-state index is 12.2. The van der Waals surface area contributed by atoms with Crippen molar-refractivity contribution in [2.75, 3.05) is 0 Å². The molecule has 3 rings (SSSR count). The van der Waals surface area contributed by atoms with Gasteiger partial charge in [-0.05, 0) is 24.3 Å². The molecule has 0 aliphatic heterocycles. The summed E-state index contributed by atoms with van der Waals surface area (Å²) in [4.78, 5) is 16.2. The minimum atomic E-state index is -0.186. The maximum atomic E-state index is 12.2. The number of hydrogen-bond donors (Lipinski definition) is 0. The lowest BCUT2D eigenvalue weighted by Gasteiger charge is -2.12. The zero-order chi connectivity index (χ0) is 13.4. The number of halogens is 2. The molecule has 0 aliphatic rings. The van der Waals surface area contributed by atoms with E-state index < -0.39 is 0 Å². The highest BCUT2D eigenvalue weighted by Crippen LogP contribution is 2.29. The lowest BCUT2D eigenvalue weighted by Crippen LogP contribution is -2.18. The molecule has 0 bridgehead atoms. The molecule has 0 spiro atoms. The topological polar surface area (TPSA) is 34.9 Å². The van der Waals surface area contributed by atoms with E-state index in [-0.39, 0.29) is 5.56 Å². The van der Waals surface area contributed by atoms with Crippen LogP contribution < -0.4 is 5.56 Å². The molecule has 0 unspecified atom stereocenters. The van der Waals surface area contributed by atoms with E-state index in [0.29, 0.717) is 15.7 Å². The molecule has 3 aromatic rings. The van der Waals surface area contributed by atoms with Gasteiger partial charge in [0.15, 0.2) is 0 Å². The number of benzene rings is 1. The summed E-state index contributed by atoms with van der Waals surface area (Å²) in [5.41, 5.74) is 1.03. The van der Waals surface area contributed by atoms with E-state index >= 15 is 0 Å². The molecule has 0 radical (unpaired) electrons. The molecule has 0 atom stereocenters. The number of rotatable bonds is 1. The SMILES string of the molecule is O=c1ccc2cnccc2n1-c1c(Cl)cccc1Cl. The summed E-state index contributed by atoms with van der Waals surface area (Å²) < 4.78 is 1.50. The molecular formula is C14H8Cl2N2O. The van der Waals surface area contributed by atoms with Gasteiger partial charge in [-0.25, -0.2) is 0 Å². The number of para-hydroxylation sites is 1. The van der Waals surface area contributed by atoms with E-state index in [1.165, 1.54) is 10.6 Å². The van der Waals surface area contributed by atoms with Crippen molar-refractivity contribution in [1.29, 1.82) is 0 Å². The van der Waals surface area contributed by atoms with Gasteiger partial charge in [0.25, 0.3) is 5.56 Å². The molecule has 0 saturated heterocycles. The second-order valence-corrected chi connectivity index (χ2v) is 4.83. The standard InChI is InChI=1S/C14H8Cl2N2O/c15-10-2-1-3-11(16)14(10)18-12-6-7-17-8-9(12)4-5-13(18)19/h1-8H. The molecular weight excluding hydrogens is 283 g/mol. The average Bonchev–Trinajstić information content (AvgIpc) is 2.41. The lowest BCUT2D eigenvalue weighted by atomic mass is 10.2. The van der Waals surface area contributed by atoms with Gasteiger partial charge in [-0.3, -0.25) is 14.3 Å². The summed E-state index contributed by atoms with van der Waals surface area (Å²) in [6.45, 7) is 0. The normalized spacial score (nSPS) is 10.8. The van der Waals surface area contributed by atoms with Gasteiger partial charge in [0.2, 0.25) is 0 Å². The summed E-state index contributed by atoms with van der Waals surface area (Å²) >= 11 is 12.4. The van der Waals surface area contributed by atoms with Crippen molar-refractivity contribution in [3.05, 3.63) is 69.2 Å². The molecule has 0 saturated carbocycles. The van der Waals surface area contributed by atoms with E-state index in [1.54, 1.807) is 42.7 Å². The second kappa shape index (κ2) is 4.68. The van der Waals surface area contributed by atoms with Crippen molar-refractivity contribution < 1.29 is 0 Å². The first-order valence-electron chi connectivity index (χ1n) is 5.58. The van der Waals surface area contributed by atoms with Gasteiger partial charge in [-0.2, -0.15) is 0 Å². The van der Waals surface area contributed by atoms with Gasteiger partial charge in [0.1, 0.15) is 0 Å². The first kappa shape index (κ1) is 12.2. The Morgan fingerprint density at radius 1 is 1.00 bits per heavy atom. The predicted octanol–water partition coefficient (Wildman–Crippen LogP) is 3.69. The molecule has 94 valence electrons. The summed E-state index contributed by atoms with van der Waals surface area (Å²) in [6.07, 6.45) is 3.32. The molecule has 0 aliphatic carbocycles. The van der Waals surface area contributed by atoms with Gasteiger partial charge in [-0.15, -0.1) is 0 Å². The largest absolute Gasteiger partial charge is 0.274 e. The highest BCUT2D eigenvalue weighted by molar-refractivity contribution is 6.37. The number of nitrogens with zero attached hydrogens (tertiary/aromatic N) is 2. The molecule has 5 heteroatoms. The number of pyridine rings is 2. The molecule has 0 fully saturated rings. The number of aromatic nitrogens is 2. The highest BCUT2D eigenvalue weighted by atomic mass is 35.5. The van der Waals surface area contributed by atoms with Gasteiger partial charge >= 0.3 is 0 Å². The van der Waals surface area contributed by atoms with Crippen LogP contribution in [-0.2, 0) is 0 Å². The third-order valence-electron chi connectivity index (χ3n) is 2.86. The fourth-order valence-corrected chi connectivity index (χ4v) is 2.59. The van der Waals surface area contributed by atoms with E-state index in [4.69, 9.17) is 23.2 Å². The van der Waals surface area contributed by atoms with Crippen LogP contribution in [0.2, 0.25) is 10.0 Å². The lowest BCUT2D eigenvalue weighted by molar-refractivity contribution is 1.04. The Labute approximate surface area is 119 Å². The predicted molar refractivity (Wildman–Crippen MR) is 77.4 cm³/mol. The molecule has 1 aromatic carbocycles. The van der Waals surface area contributed by atoms with Crippen LogP contribution >= 0.6 is 23.2 Å². The van der Waals surface area contributed by atoms with Crippen molar-refractivity contribution in [1.82, 2.24) is 9.55 Å². The first-order chi connectivity index (χ1) is 9.18. The Balaban J connectivity index is 2.49. The zero-order valence-electron chi connectivity index (χ0n) is 9.68. The Bertz CT molecular complexity index is 807. The maximum Gasteiger partial charge on any atom is 0.255 e. The van der Waals surface area contributed by atoms with Crippen LogP contribution in [-0.4, -0.2) is 9.55 Å². The van der Waals surface area contributed by atoms with E-state index in [9.17, 15) is 4.79 Å². The van der Waals surface area contributed by atoms with E-state index in [0.717, 1.165) is 10.9 Å². The van der Waals surface area contributed by atoms with Crippen molar-refractivity contribution in [3.63, 3.8) is 0 Å². The van der Waals surface area contributed by atoms with Gasteiger partial charge in [0, 0.05) is 23.8 Å². The Hall–Kier alpha value is -1.84. The van der Waals surface area contributed by atoms with Crippen molar-refractivity contribution >= 4 is 34.1 Å². The van der Waals surface area contributed by atoms with Crippen molar-refractivity contribution in [2.45, 2.75) is 0 Å². The summed E-state index contributed by atoms with van der Waals surface area (Å²) in [5.74, 6) is 0. The fourth-order valence-electron chi connectivity index (χ4n) is 2.02. The van der Waals surface area contributed by atoms with Crippen LogP contribution in [0, 0.1) is 0 Å². The fraction of sp³-hybridized carbons (Fsp3) is 0. The van der Waals surface area contributed by atoms with E-state index in [2.05, 4.69) is 4.98 Å². The third kappa shape index (κ3) is 2.01. The van der Waals surface area contributed by atoms with Crippen LogP contribution in [0.5, 0.6) is 0 Å². The Morgan fingerprint density at radius 3 is 2.47 bits per heavy atom. The summed E-state index contributed by atoms with van der Waals surface area (Å²) in [5, 5.41) is 1.70. The smallest absolute Gasteiger partial charge is 0.255 e. The van der Waals surface area contributed by atoms with Crippen LogP contribution in [0.1, 0.15) is 0 Å². The van der Waals surface area contributed by atoms with Crippen LogP contribution in [0.25, 0.3) is 16.6 Å². The molecule has 0 amide bonds. The molecule has 0 N–H and O–H groups in total. The highest BCUT2D eigenvalue weighted by Gasteiger charge is 2.12. The molecule has 19 heavy (non-hydrogen) atoms. The zero-order valence-corrected chi connectivity index (χ0v) is 11.2. The van der Waals surface area contributed by atoms with Gasteiger partial charge < -0.3 is 0 Å². The summed E-state index contributed by atoms with van der Waals surface area (Å²) in [6, 6.07) is 10.1.